The summed E-state index contributed by atoms with van der Waals surface area (Å²) >= 11 is 3.56. The van der Waals surface area contributed by atoms with Crippen LogP contribution in [0.25, 0.3) is 11.0 Å². The molecule has 4 heterocycles. The van der Waals surface area contributed by atoms with Gasteiger partial charge in [0.05, 0.1) is 59.1 Å². The summed E-state index contributed by atoms with van der Waals surface area (Å²) in [5.74, 6) is 1.68. The number of benzene rings is 2. The SMILES string of the molecule is COc1cc(N2CCOCC2)c([N+]2=CC(C)C=N2)cc1Nc1ncc(Br)c(Nc2ccc3nccnc3c2P(C)(C)=O)n1. The van der Waals surface area contributed by atoms with E-state index >= 15 is 0 Å². The van der Waals surface area contributed by atoms with Crippen LogP contribution in [0.1, 0.15) is 6.92 Å². The van der Waals surface area contributed by atoms with Crippen LogP contribution in [-0.2, 0) is 9.30 Å². The number of halogens is 1. The zero-order chi connectivity index (χ0) is 30.1. The molecule has 0 radical (unpaired) electrons. The van der Waals surface area contributed by atoms with Crippen molar-refractivity contribution < 1.29 is 18.7 Å². The lowest BCUT2D eigenvalue weighted by molar-refractivity contribution is -0.436. The number of ether oxygens (including phenoxy) is 2. The maximum absolute atomic E-state index is 13.4. The summed E-state index contributed by atoms with van der Waals surface area (Å²) in [4.78, 5) is 20.4. The van der Waals surface area contributed by atoms with Crippen molar-refractivity contribution in [1.82, 2.24) is 19.9 Å². The zero-order valence-corrected chi connectivity index (χ0v) is 26.8. The second-order valence-corrected chi connectivity index (χ2v) is 14.6. The van der Waals surface area contributed by atoms with Crippen molar-refractivity contribution in [2.24, 2.45) is 11.0 Å². The maximum atomic E-state index is 13.4. The first-order valence-corrected chi connectivity index (χ1v) is 17.2. The van der Waals surface area contributed by atoms with E-state index in [1.54, 1.807) is 39.0 Å². The van der Waals surface area contributed by atoms with Crippen molar-refractivity contribution in [2.45, 2.75) is 6.92 Å². The topological polar surface area (TPSA) is 130 Å². The number of hydrogen-bond donors (Lipinski definition) is 2. The van der Waals surface area contributed by atoms with E-state index in [1.807, 2.05) is 35.2 Å². The maximum Gasteiger partial charge on any atom is 0.263 e. The average Bonchev–Trinajstić information content (AvgIpc) is 3.44. The van der Waals surface area contributed by atoms with Crippen molar-refractivity contribution in [3.8, 4) is 5.75 Å². The molecule has 2 N–H and O–H groups in total. The number of fused-ring (bicyclic) bond motifs is 1. The largest absolute Gasteiger partial charge is 0.494 e. The average molecular weight is 666 g/mol. The molecular weight excluding hydrogens is 633 g/mol. The van der Waals surface area contributed by atoms with Crippen LogP contribution in [0.5, 0.6) is 5.75 Å². The van der Waals surface area contributed by atoms with Crippen LogP contribution < -0.4 is 25.6 Å². The van der Waals surface area contributed by atoms with Gasteiger partial charge in [-0.05, 0) is 53.4 Å². The molecular formula is C29H32BrN9O3P+. The van der Waals surface area contributed by atoms with E-state index in [9.17, 15) is 4.57 Å². The fraction of sp³-hybridized carbons (Fsp3) is 0.310. The van der Waals surface area contributed by atoms with Crippen LogP contribution in [0, 0.1) is 5.92 Å². The van der Waals surface area contributed by atoms with Gasteiger partial charge in [0.25, 0.3) is 5.69 Å². The monoisotopic (exact) mass is 664 g/mol. The number of hydrogen-bond acceptors (Lipinski definition) is 11. The summed E-state index contributed by atoms with van der Waals surface area (Å²) in [7, 11) is -1.12. The molecule has 0 spiro atoms. The molecule has 2 aliphatic heterocycles. The number of morpholine rings is 1. The van der Waals surface area contributed by atoms with E-state index in [2.05, 4.69) is 64.7 Å². The lowest BCUT2D eigenvalue weighted by Gasteiger charge is -2.29. The van der Waals surface area contributed by atoms with Crippen LogP contribution in [0.2, 0.25) is 0 Å². The van der Waals surface area contributed by atoms with Gasteiger partial charge in [-0.3, -0.25) is 9.97 Å². The Hall–Kier alpha value is -3.93. The normalized spacial score (nSPS) is 16.8. The molecule has 0 saturated carbocycles. The second kappa shape index (κ2) is 12.0. The Morgan fingerprint density at radius 2 is 1.88 bits per heavy atom. The molecule has 43 heavy (non-hydrogen) atoms. The molecule has 4 aromatic rings. The highest BCUT2D eigenvalue weighted by Gasteiger charge is 2.28. The van der Waals surface area contributed by atoms with Crippen LogP contribution in [0.15, 0.2) is 52.4 Å². The molecule has 14 heteroatoms. The summed E-state index contributed by atoms with van der Waals surface area (Å²) in [5.41, 5.74) is 4.50. The summed E-state index contributed by atoms with van der Waals surface area (Å²) < 4.78 is 27.3. The minimum absolute atomic E-state index is 0.215. The molecule has 1 fully saturated rings. The summed E-state index contributed by atoms with van der Waals surface area (Å²) in [6.45, 7) is 8.38. The Bertz CT molecular complexity index is 1800. The molecule has 0 aliphatic carbocycles. The van der Waals surface area contributed by atoms with Crippen molar-refractivity contribution >= 4 is 86.4 Å². The molecule has 0 bridgehead atoms. The van der Waals surface area contributed by atoms with Gasteiger partial charge in [-0.1, -0.05) is 4.68 Å². The molecule has 1 unspecified atom stereocenters. The van der Waals surface area contributed by atoms with Gasteiger partial charge < -0.3 is 29.6 Å². The third kappa shape index (κ3) is 6.11. The third-order valence-corrected chi connectivity index (χ3v) is 9.20. The standard InChI is InChI=1S/C29H32BrN9O3P/c1-18-15-34-39(17-18)24-13-22(25(41-2)14-23(24)38-9-11-42-12-10-38)36-29-33-16-19(30)28(37-29)35-21-6-5-20-26(32-8-7-31-20)27(21)43(3,4)40/h5-8,13-18H,9-12H2,1-4H3,(H2,33,35,36,37)/q+1. The van der Waals surface area contributed by atoms with Gasteiger partial charge in [-0.2, -0.15) is 4.98 Å². The lowest BCUT2D eigenvalue weighted by atomic mass is 10.1. The number of nitrogens with one attached hydrogen (secondary N) is 2. The molecule has 222 valence electrons. The zero-order valence-electron chi connectivity index (χ0n) is 24.3. The highest BCUT2D eigenvalue weighted by molar-refractivity contribution is 9.10. The van der Waals surface area contributed by atoms with E-state index in [1.165, 1.54) is 0 Å². The number of hydrazone groups is 1. The van der Waals surface area contributed by atoms with E-state index < -0.39 is 7.14 Å². The number of rotatable bonds is 8. The molecule has 2 aromatic carbocycles. The van der Waals surface area contributed by atoms with Crippen LogP contribution >= 0.6 is 23.1 Å². The van der Waals surface area contributed by atoms with Gasteiger partial charge in [-0.25, -0.2) is 4.98 Å². The van der Waals surface area contributed by atoms with E-state index in [0.29, 0.717) is 62.9 Å². The van der Waals surface area contributed by atoms with Gasteiger partial charge in [0.1, 0.15) is 29.9 Å². The van der Waals surface area contributed by atoms with Crippen LogP contribution in [0.4, 0.5) is 34.5 Å². The summed E-state index contributed by atoms with van der Waals surface area (Å²) in [5, 5.41) is 11.9. The molecule has 6 rings (SSSR count). The first-order valence-electron chi connectivity index (χ1n) is 13.8. The van der Waals surface area contributed by atoms with Crippen molar-refractivity contribution in [3.05, 3.63) is 47.3 Å². The molecule has 0 amide bonds. The fourth-order valence-electron chi connectivity index (χ4n) is 5.12. The van der Waals surface area contributed by atoms with Crippen molar-refractivity contribution in [1.29, 1.82) is 0 Å². The van der Waals surface area contributed by atoms with Gasteiger partial charge in [0.2, 0.25) is 5.95 Å². The van der Waals surface area contributed by atoms with Gasteiger partial charge in [0, 0.05) is 43.8 Å². The lowest BCUT2D eigenvalue weighted by Crippen LogP contribution is -2.36. The Labute approximate surface area is 257 Å². The highest BCUT2D eigenvalue weighted by Crippen LogP contribution is 2.42. The molecule has 2 aromatic heterocycles. The van der Waals surface area contributed by atoms with Crippen LogP contribution in [-0.4, -0.2) is 83.8 Å². The Balaban J connectivity index is 1.37. The predicted molar refractivity (Wildman–Crippen MR) is 175 cm³/mol. The number of methoxy groups -OCH3 is 1. The van der Waals surface area contributed by atoms with E-state index in [4.69, 9.17) is 14.5 Å². The molecule has 1 saturated heterocycles. The Kier molecular flexibility index (Phi) is 8.13. The molecule has 2 aliphatic rings. The number of aromatic nitrogens is 4. The minimum Gasteiger partial charge on any atom is -0.494 e. The predicted octanol–water partition coefficient (Wildman–Crippen LogP) is 5.11. The molecule has 1 atom stereocenters. The summed E-state index contributed by atoms with van der Waals surface area (Å²) in [6, 6.07) is 7.70. The molecule has 12 nitrogen and oxygen atoms in total. The fourth-order valence-corrected chi connectivity index (χ4v) is 6.80. The highest BCUT2D eigenvalue weighted by atomic mass is 79.9. The van der Waals surface area contributed by atoms with Crippen LogP contribution in [0.3, 0.4) is 0 Å². The third-order valence-electron chi connectivity index (χ3n) is 7.09. The van der Waals surface area contributed by atoms with Gasteiger partial charge >= 0.3 is 0 Å². The number of nitrogens with zero attached hydrogens (tertiary/aromatic N) is 7. The number of anilines is 5. The second-order valence-electron chi connectivity index (χ2n) is 10.6. The quantitative estimate of drug-likeness (QED) is 0.194. The first-order chi connectivity index (χ1) is 20.7. The minimum atomic E-state index is -2.75. The smallest absolute Gasteiger partial charge is 0.263 e. The van der Waals surface area contributed by atoms with Crippen molar-refractivity contribution in [2.75, 3.05) is 62.3 Å². The Morgan fingerprint density at radius 1 is 1.09 bits per heavy atom. The van der Waals surface area contributed by atoms with E-state index in [-0.39, 0.29) is 5.92 Å². The van der Waals surface area contributed by atoms with E-state index in [0.717, 1.165) is 24.5 Å². The van der Waals surface area contributed by atoms with Gasteiger partial charge in [0.15, 0.2) is 6.21 Å². The first kappa shape index (κ1) is 29.2. The summed E-state index contributed by atoms with van der Waals surface area (Å²) in [6.07, 6.45) is 8.86. The Morgan fingerprint density at radius 3 is 2.60 bits per heavy atom. The van der Waals surface area contributed by atoms with Gasteiger partial charge in [-0.15, -0.1) is 0 Å². The van der Waals surface area contributed by atoms with Crippen molar-refractivity contribution in [3.63, 3.8) is 0 Å².